The van der Waals surface area contributed by atoms with Gasteiger partial charge in [-0.3, -0.25) is 4.55 Å². The maximum Gasteiger partial charge on any atom is 0.356 e. The second-order valence-corrected chi connectivity index (χ2v) is 7.16. The van der Waals surface area contributed by atoms with Gasteiger partial charge < -0.3 is 14.8 Å². The number of carboxylic acids is 1. The summed E-state index contributed by atoms with van der Waals surface area (Å²) in [6, 6.07) is 11.0. The van der Waals surface area contributed by atoms with Crippen LogP contribution in [0.25, 0.3) is 6.08 Å². The van der Waals surface area contributed by atoms with E-state index in [1.165, 1.54) is 18.2 Å². The van der Waals surface area contributed by atoms with E-state index in [1.54, 1.807) is 24.3 Å². The summed E-state index contributed by atoms with van der Waals surface area (Å²) >= 11 is 0. The minimum Gasteiger partial charge on any atom is -0.476 e. The van der Waals surface area contributed by atoms with E-state index >= 15 is 0 Å². The van der Waals surface area contributed by atoms with Crippen molar-refractivity contribution in [1.29, 1.82) is 0 Å². The minimum atomic E-state index is -4.53. The third-order valence-corrected chi connectivity index (χ3v) is 4.73. The van der Waals surface area contributed by atoms with Crippen LogP contribution in [-0.2, 0) is 14.9 Å². The Hall–Kier alpha value is -3.04. The number of nitrogens with zero attached hydrogens (tertiary/aromatic N) is 2. The van der Waals surface area contributed by atoms with Gasteiger partial charge in [-0.15, -0.1) is 0 Å². The van der Waals surface area contributed by atoms with Crippen molar-refractivity contribution in [1.82, 2.24) is 0 Å². The number of hydroxylamine groups is 1. The van der Waals surface area contributed by atoms with Crippen molar-refractivity contribution in [2.75, 3.05) is 24.1 Å². The number of hydrogen-bond acceptors (Lipinski definition) is 6. The van der Waals surface area contributed by atoms with Crippen molar-refractivity contribution < 1.29 is 27.7 Å². The maximum atomic E-state index is 11.7. The summed E-state index contributed by atoms with van der Waals surface area (Å²) < 4.78 is 32.4. The maximum absolute atomic E-state index is 11.7. The molecule has 0 saturated carbocycles. The first kappa shape index (κ1) is 17.8. The predicted molar refractivity (Wildman–Crippen MR) is 95.7 cm³/mol. The van der Waals surface area contributed by atoms with E-state index in [1.807, 2.05) is 19.0 Å². The second kappa shape index (κ2) is 6.36. The fourth-order valence-electron chi connectivity index (χ4n) is 2.54. The van der Waals surface area contributed by atoms with Crippen LogP contribution in [0, 0.1) is 0 Å². The first-order valence-corrected chi connectivity index (χ1v) is 8.93. The van der Waals surface area contributed by atoms with E-state index in [2.05, 4.69) is 0 Å². The molecule has 1 heterocycles. The molecule has 0 spiro atoms. The van der Waals surface area contributed by atoms with Gasteiger partial charge in [-0.1, -0.05) is 6.07 Å². The zero-order chi connectivity index (χ0) is 19.1. The van der Waals surface area contributed by atoms with E-state index < -0.39 is 21.0 Å². The molecule has 9 heteroatoms. The molecule has 1 aliphatic heterocycles. The molecule has 0 saturated heterocycles. The van der Waals surface area contributed by atoms with Crippen LogP contribution in [0.3, 0.4) is 0 Å². The van der Waals surface area contributed by atoms with Crippen LogP contribution < -0.4 is 14.8 Å². The number of benzene rings is 2. The third kappa shape index (κ3) is 3.22. The molecule has 0 bridgehead atoms. The molecule has 0 unspecified atom stereocenters. The molecule has 2 aromatic carbocycles. The zero-order valence-electron chi connectivity index (χ0n) is 13.9. The van der Waals surface area contributed by atoms with Crippen LogP contribution in [0.15, 0.2) is 53.1 Å². The van der Waals surface area contributed by atoms with E-state index in [4.69, 9.17) is 4.84 Å². The molecule has 0 aliphatic carbocycles. The first-order valence-electron chi connectivity index (χ1n) is 7.49. The molecule has 26 heavy (non-hydrogen) atoms. The van der Waals surface area contributed by atoms with Gasteiger partial charge >= 0.3 is 5.97 Å². The summed E-state index contributed by atoms with van der Waals surface area (Å²) in [6.45, 7) is 0. The molecular formula is C17H16N2O6S. The number of carbonyl (C=O) groups is 1. The van der Waals surface area contributed by atoms with Crippen LogP contribution in [0.4, 0.5) is 11.4 Å². The molecular weight excluding hydrogens is 360 g/mol. The SMILES string of the molecule is CN(C)c1ccc(N2Oc3cccc(S(=O)(=O)O)c3C=C2C(=O)O)cc1. The lowest BCUT2D eigenvalue weighted by molar-refractivity contribution is -0.133. The lowest BCUT2D eigenvalue weighted by Crippen LogP contribution is -2.33. The largest absolute Gasteiger partial charge is 0.476 e. The van der Waals surface area contributed by atoms with Crippen LogP contribution in [0.2, 0.25) is 0 Å². The Morgan fingerprint density at radius 1 is 1.12 bits per heavy atom. The number of hydrogen-bond donors (Lipinski definition) is 2. The van der Waals surface area contributed by atoms with Gasteiger partial charge in [-0.25, -0.2) is 4.79 Å². The number of fused-ring (bicyclic) bond motifs is 1. The third-order valence-electron chi connectivity index (χ3n) is 3.81. The van der Waals surface area contributed by atoms with Crippen LogP contribution in [-0.4, -0.2) is 38.1 Å². The molecule has 136 valence electrons. The topological polar surface area (TPSA) is 107 Å². The molecule has 0 atom stereocenters. The molecule has 1 aliphatic rings. The number of rotatable bonds is 4. The molecule has 0 aromatic heterocycles. The summed E-state index contributed by atoms with van der Waals surface area (Å²) in [5.74, 6) is -1.20. The first-order chi connectivity index (χ1) is 12.2. The number of carboxylic acid groups (broad SMARTS) is 1. The average molecular weight is 376 g/mol. The van der Waals surface area contributed by atoms with Gasteiger partial charge in [0, 0.05) is 25.3 Å². The van der Waals surface area contributed by atoms with Crippen molar-refractivity contribution in [3.8, 4) is 5.75 Å². The highest BCUT2D eigenvalue weighted by Gasteiger charge is 2.30. The van der Waals surface area contributed by atoms with Crippen LogP contribution in [0.5, 0.6) is 5.75 Å². The molecule has 0 amide bonds. The Kier molecular flexibility index (Phi) is 4.34. The van der Waals surface area contributed by atoms with Crippen molar-refractivity contribution >= 4 is 33.5 Å². The monoisotopic (exact) mass is 376 g/mol. The molecule has 0 radical (unpaired) electrons. The molecule has 0 fully saturated rings. The van der Waals surface area contributed by atoms with Gasteiger partial charge in [0.15, 0.2) is 11.4 Å². The minimum absolute atomic E-state index is 0.0199. The molecule has 2 aromatic rings. The quantitative estimate of drug-likeness (QED) is 0.783. The average Bonchev–Trinajstić information content (AvgIpc) is 2.59. The Balaban J connectivity index is 2.11. The number of aliphatic carboxylic acids is 1. The van der Waals surface area contributed by atoms with E-state index in [9.17, 15) is 22.9 Å². The Bertz CT molecular complexity index is 996. The van der Waals surface area contributed by atoms with Gasteiger partial charge in [-0.05, 0) is 42.5 Å². The van der Waals surface area contributed by atoms with Crippen LogP contribution in [0.1, 0.15) is 5.56 Å². The van der Waals surface area contributed by atoms with E-state index in [-0.39, 0.29) is 17.0 Å². The zero-order valence-corrected chi connectivity index (χ0v) is 14.8. The Morgan fingerprint density at radius 3 is 2.31 bits per heavy atom. The van der Waals surface area contributed by atoms with Gasteiger partial charge in [0.1, 0.15) is 4.90 Å². The Morgan fingerprint density at radius 2 is 1.77 bits per heavy atom. The molecule has 3 rings (SSSR count). The highest BCUT2D eigenvalue weighted by molar-refractivity contribution is 7.86. The van der Waals surface area contributed by atoms with Gasteiger partial charge in [0.2, 0.25) is 0 Å². The number of anilines is 2. The van der Waals surface area contributed by atoms with Crippen LogP contribution >= 0.6 is 0 Å². The predicted octanol–water partition coefficient (Wildman–Crippen LogP) is 2.24. The second-order valence-electron chi connectivity index (χ2n) is 5.77. The highest BCUT2D eigenvalue weighted by atomic mass is 32.2. The smallest absolute Gasteiger partial charge is 0.356 e. The molecule has 8 nitrogen and oxygen atoms in total. The lowest BCUT2D eigenvalue weighted by Gasteiger charge is -2.29. The summed E-state index contributed by atoms with van der Waals surface area (Å²) in [7, 11) is -0.778. The lowest BCUT2D eigenvalue weighted by atomic mass is 10.1. The van der Waals surface area contributed by atoms with Crippen molar-refractivity contribution in [3.63, 3.8) is 0 Å². The van der Waals surface area contributed by atoms with Gasteiger partial charge in [-0.2, -0.15) is 13.5 Å². The van der Waals surface area contributed by atoms with Gasteiger partial charge in [0.25, 0.3) is 10.1 Å². The standard InChI is InChI=1S/C17H16N2O6S/c1-18(2)11-6-8-12(9-7-11)19-14(17(20)21)10-13-15(25-19)4-3-5-16(13)26(22,23)24/h3-10H,1-2H3,(H,20,21)(H,22,23,24). The fourth-order valence-corrected chi connectivity index (χ4v) is 3.23. The Labute approximate surface area is 150 Å². The van der Waals surface area contributed by atoms with E-state index in [0.717, 1.165) is 16.8 Å². The van der Waals surface area contributed by atoms with Gasteiger partial charge in [0.05, 0.1) is 5.69 Å². The molecule has 2 N–H and O–H groups in total. The normalized spacial score (nSPS) is 13.5. The fraction of sp³-hybridized carbons (Fsp3) is 0.118. The van der Waals surface area contributed by atoms with E-state index in [0.29, 0.717) is 5.69 Å². The van der Waals surface area contributed by atoms with Crippen molar-refractivity contribution in [3.05, 3.63) is 53.7 Å². The summed E-state index contributed by atoms with van der Waals surface area (Å²) in [5.41, 5.74) is 1.06. The van der Waals surface area contributed by atoms with Crippen molar-refractivity contribution in [2.24, 2.45) is 0 Å². The van der Waals surface area contributed by atoms with Crippen molar-refractivity contribution in [2.45, 2.75) is 4.90 Å². The summed E-state index contributed by atoms with van der Waals surface area (Å²) in [5, 5.41) is 10.6. The summed E-state index contributed by atoms with van der Waals surface area (Å²) in [6.07, 6.45) is 1.16. The summed E-state index contributed by atoms with van der Waals surface area (Å²) in [4.78, 5) is 18.8. The highest BCUT2D eigenvalue weighted by Crippen LogP contribution is 2.36.